The lowest BCUT2D eigenvalue weighted by atomic mass is 10.2. The van der Waals surface area contributed by atoms with Crippen LogP contribution in [0.2, 0.25) is 0 Å². The molecule has 0 radical (unpaired) electrons. The van der Waals surface area contributed by atoms with Crippen LogP contribution in [0.4, 0.5) is 11.5 Å². The van der Waals surface area contributed by atoms with E-state index in [1.165, 1.54) is 6.20 Å². The Kier molecular flexibility index (Phi) is 6.23. The molecule has 0 saturated carbocycles. The summed E-state index contributed by atoms with van der Waals surface area (Å²) in [5, 5.41) is 14.6. The van der Waals surface area contributed by atoms with Gasteiger partial charge in [0.25, 0.3) is 5.91 Å². The smallest absolute Gasteiger partial charge is 0.275 e. The summed E-state index contributed by atoms with van der Waals surface area (Å²) in [7, 11) is 4.06. The van der Waals surface area contributed by atoms with Gasteiger partial charge in [0.1, 0.15) is 11.5 Å². The first-order chi connectivity index (χ1) is 11.6. The van der Waals surface area contributed by atoms with Crippen LogP contribution in [0.1, 0.15) is 22.5 Å². The van der Waals surface area contributed by atoms with Crippen molar-refractivity contribution in [3.8, 4) is 6.07 Å². The van der Waals surface area contributed by atoms with E-state index in [4.69, 9.17) is 5.26 Å². The Morgan fingerprint density at radius 3 is 2.54 bits per heavy atom. The molecule has 1 aromatic heterocycles. The lowest BCUT2D eigenvalue weighted by molar-refractivity contribution is 0.102. The van der Waals surface area contributed by atoms with Crippen LogP contribution in [-0.4, -0.2) is 48.0 Å². The maximum atomic E-state index is 12.1. The number of rotatable bonds is 7. The Hall–Kier alpha value is -2.98. The van der Waals surface area contributed by atoms with Gasteiger partial charge < -0.3 is 15.5 Å². The minimum absolute atomic E-state index is 0.234. The first kappa shape index (κ1) is 17.4. The van der Waals surface area contributed by atoms with Gasteiger partial charge in [-0.1, -0.05) is 0 Å². The Labute approximate surface area is 141 Å². The highest BCUT2D eigenvalue weighted by Crippen LogP contribution is 2.10. The van der Waals surface area contributed by atoms with E-state index in [-0.39, 0.29) is 11.6 Å². The SMILES string of the molecule is CN(C)CCCNc1cnc(C(=O)Nc2ccc(C#N)cc2)cn1. The number of nitrogens with zero attached hydrogens (tertiary/aromatic N) is 4. The zero-order valence-corrected chi connectivity index (χ0v) is 13.8. The average molecular weight is 324 g/mol. The summed E-state index contributed by atoms with van der Waals surface area (Å²) in [5.74, 6) is 0.301. The molecule has 2 N–H and O–H groups in total. The maximum absolute atomic E-state index is 12.1. The van der Waals surface area contributed by atoms with E-state index in [2.05, 4.69) is 25.5 Å². The molecule has 0 aliphatic heterocycles. The molecule has 24 heavy (non-hydrogen) atoms. The standard InChI is InChI=1S/C17H20N6O/c1-23(2)9-3-8-19-16-12-20-15(11-21-16)17(24)22-14-6-4-13(10-18)5-7-14/h4-7,11-12H,3,8-9H2,1-2H3,(H,19,21)(H,22,24). The lowest BCUT2D eigenvalue weighted by Gasteiger charge is -2.10. The second-order valence-electron chi connectivity index (χ2n) is 5.51. The fraction of sp³-hybridized carbons (Fsp3) is 0.294. The Morgan fingerprint density at radius 2 is 1.96 bits per heavy atom. The highest BCUT2D eigenvalue weighted by atomic mass is 16.1. The van der Waals surface area contributed by atoms with Crippen LogP contribution in [0.5, 0.6) is 0 Å². The fourth-order valence-electron chi connectivity index (χ4n) is 1.97. The molecule has 7 heteroatoms. The van der Waals surface area contributed by atoms with E-state index in [1.807, 2.05) is 20.2 Å². The summed E-state index contributed by atoms with van der Waals surface area (Å²) in [6.07, 6.45) is 3.98. The van der Waals surface area contributed by atoms with Crippen molar-refractivity contribution in [2.75, 3.05) is 37.8 Å². The monoisotopic (exact) mass is 324 g/mol. The van der Waals surface area contributed by atoms with Crippen LogP contribution in [-0.2, 0) is 0 Å². The van der Waals surface area contributed by atoms with Gasteiger partial charge in [0, 0.05) is 12.2 Å². The summed E-state index contributed by atoms with van der Waals surface area (Å²) in [6.45, 7) is 1.79. The van der Waals surface area contributed by atoms with Crippen molar-refractivity contribution < 1.29 is 4.79 Å². The molecule has 0 bridgehead atoms. The normalized spacial score (nSPS) is 10.2. The summed E-state index contributed by atoms with van der Waals surface area (Å²) in [4.78, 5) is 22.5. The van der Waals surface area contributed by atoms with Gasteiger partial charge in [-0.2, -0.15) is 5.26 Å². The lowest BCUT2D eigenvalue weighted by Crippen LogP contribution is -2.17. The van der Waals surface area contributed by atoms with Gasteiger partial charge in [-0.25, -0.2) is 9.97 Å². The third kappa shape index (κ3) is 5.34. The molecule has 0 fully saturated rings. The fourth-order valence-corrected chi connectivity index (χ4v) is 1.97. The van der Waals surface area contributed by atoms with Crippen LogP contribution < -0.4 is 10.6 Å². The molecule has 0 unspecified atom stereocenters. The third-order valence-electron chi connectivity index (χ3n) is 3.24. The second-order valence-corrected chi connectivity index (χ2v) is 5.51. The van der Waals surface area contributed by atoms with Gasteiger partial charge in [0.2, 0.25) is 0 Å². The van der Waals surface area contributed by atoms with E-state index in [9.17, 15) is 4.79 Å². The van der Waals surface area contributed by atoms with Gasteiger partial charge in [0.15, 0.2) is 0 Å². The topological polar surface area (TPSA) is 93.9 Å². The van der Waals surface area contributed by atoms with Crippen LogP contribution in [0.3, 0.4) is 0 Å². The van der Waals surface area contributed by atoms with Gasteiger partial charge >= 0.3 is 0 Å². The number of amides is 1. The predicted molar refractivity (Wildman–Crippen MR) is 92.8 cm³/mol. The summed E-state index contributed by atoms with van der Waals surface area (Å²) >= 11 is 0. The molecule has 0 spiro atoms. The summed E-state index contributed by atoms with van der Waals surface area (Å²) in [5.41, 5.74) is 1.38. The van der Waals surface area contributed by atoms with Crippen molar-refractivity contribution in [2.24, 2.45) is 0 Å². The molecule has 2 rings (SSSR count). The van der Waals surface area contributed by atoms with E-state index < -0.39 is 0 Å². The zero-order valence-electron chi connectivity index (χ0n) is 13.8. The number of hydrogen-bond donors (Lipinski definition) is 2. The number of anilines is 2. The van der Waals surface area contributed by atoms with Gasteiger partial charge in [-0.3, -0.25) is 4.79 Å². The number of aromatic nitrogens is 2. The van der Waals surface area contributed by atoms with Gasteiger partial charge in [-0.15, -0.1) is 0 Å². The van der Waals surface area contributed by atoms with Crippen LogP contribution in [0.25, 0.3) is 0 Å². The minimum Gasteiger partial charge on any atom is -0.369 e. The van der Waals surface area contributed by atoms with Crippen molar-refractivity contribution in [3.05, 3.63) is 47.9 Å². The van der Waals surface area contributed by atoms with Crippen molar-refractivity contribution in [1.29, 1.82) is 5.26 Å². The van der Waals surface area contributed by atoms with E-state index in [0.29, 0.717) is 17.1 Å². The number of nitrogens with one attached hydrogen (secondary N) is 2. The molecule has 0 atom stereocenters. The number of hydrogen-bond acceptors (Lipinski definition) is 6. The van der Waals surface area contributed by atoms with Crippen molar-refractivity contribution in [1.82, 2.24) is 14.9 Å². The molecule has 1 heterocycles. The van der Waals surface area contributed by atoms with E-state index >= 15 is 0 Å². The molecule has 0 saturated heterocycles. The first-order valence-electron chi connectivity index (χ1n) is 7.60. The molecule has 7 nitrogen and oxygen atoms in total. The minimum atomic E-state index is -0.341. The molecule has 0 aliphatic rings. The van der Waals surface area contributed by atoms with Crippen molar-refractivity contribution >= 4 is 17.4 Å². The van der Waals surface area contributed by atoms with Gasteiger partial charge in [0.05, 0.1) is 24.0 Å². The molecule has 0 aliphatic carbocycles. The summed E-state index contributed by atoms with van der Waals surface area (Å²) < 4.78 is 0. The van der Waals surface area contributed by atoms with Crippen molar-refractivity contribution in [3.63, 3.8) is 0 Å². The average Bonchev–Trinajstić information content (AvgIpc) is 2.59. The first-order valence-corrected chi connectivity index (χ1v) is 7.60. The predicted octanol–water partition coefficient (Wildman–Crippen LogP) is 1.96. The summed E-state index contributed by atoms with van der Waals surface area (Å²) in [6, 6.07) is 8.65. The Bertz CT molecular complexity index is 703. The van der Waals surface area contributed by atoms with Crippen LogP contribution in [0, 0.1) is 11.3 Å². The molecular formula is C17H20N6O. The van der Waals surface area contributed by atoms with Crippen LogP contribution >= 0.6 is 0 Å². The Balaban J connectivity index is 1.87. The molecule has 2 aromatic rings. The highest BCUT2D eigenvalue weighted by Gasteiger charge is 2.08. The third-order valence-corrected chi connectivity index (χ3v) is 3.24. The largest absolute Gasteiger partial charge is 0.369 e. The highest BCUT2D eigenvalue weighted by molar-refractivity contribution is 6.02. The van der Waals surface area contributed by atoms with Gasteiger partial charge in [-0.05, 0) is 51.3 Å². The van der Waals surface area contributed by atoms with E-state index in [0.717, 1.165) is 19.5 Å². The number of carbonyl (C=O) groups excluding carboxylic acids is 1. The maximum Gasteiger partial charge on any atom is 0.275 e. The zero-order chi connectivity index (χ0) is 17.4. The number of nitriles is 1. The molecular weight excluding hydrogens is 304 g/mol. The second kappa shape index (κ2) is 8.60. The molecule has 1 amide bonds. The number of carbonyl (C=O) groups is 1. The quantitative estimate of drug-likeness (QED) is 0.756. The molecule has 1 aromatic carbocycles. The van der Waals surface area contributed by atoms with Crippen molar-refractivity contribution in [2.45, 2.75) is 6.42 Å². The van der Waals surface area contributed by atoms with E-state index in [1.54, 1.807) is 30.5 Å². The Morgan fingerprint density at radius 1 is 1.21 bits per heavy atom. The molecule has 124 valence electrons. The van der Waals surface area contributed by atoms with Crippen LogP contribution in [0.15, 0.2) is 36.7 Å². The number of benzene rings is 1.